The van der Waals surface area contributed by atoms with Crippen LogP contribution < -0.4 is 10.6 Å². The van der Waals surface area contributed by atoms with Gasteiger partial charge in [0, 0.05) is 16.2 Å². The zero-order valence-corrected chi connectivity index (χ0v) is 20.8. The Morgan fingerprint density at radius 2 is 1.79 bits per heavy atom. The average molecular weight is 489 g/mol. The van der Waals surface area contributed by atoms with E-state index >= 15 is 0 Å². The van der Waals surface area contributed by atoms with E-state index in [0.717, 1.165) is 34.6 Å². The number of carbonyl (C=O) groups excluding carboxylic acids is 2. The minimum atomic E-state index is -1.09. The van der Waals surface area contributed by atoms with E-state index in [4.69, 9.17) is 0 Å². The van der Waals surface area contributed by atoms with Crippen molar-refractivity contribution >= 4 is 41.7 Å². The number of thiol groups is 1. The molecule has 3 atom stereocenters. The van der Waals surface area contributed by atoms with E-state index in [1.54, 1.807) is 0 Å². The van der Waals surface area contributed by atoms with Gasteiger partial charge in [-0.3, -0.25) is 9.59 Å². The van der Waals surface area contributed by atoms with Crippen LogP contribution in [0.1, 0.15) is 50.8 Å². The fourth-order valence-electron chi connectivity index (χ4n) is 4.12. The van der Waals surface area contributed by atoms with Crippen molar-refractivity contribution in [1.82, 2.24) is 10.6 Å². The molecule has 1 saturated carbocycles. The number of hydrogen-bond acceptors (Lipinski definition) is 5. The predicted octanol–water partition coefficient (Wildman–Crippen LogP) is 4.30. The molecule has 6 nitrogen and oxygen atoms in total. The first kappa shape index (κ1) is 25.3. The van der Waals surface area contributed by atoms with Gasteiger partial charge in [-0.05, 0) is 36.5 Å². The SMILES string of the molecule is CC[C@H](C)[C@H](S)C(=O)NC1(C(=O)NC(Cc2ccc(-c3ccccc3)s2)C(=O)O)CCCC1. The third-order valence-electron chi connectivity index (χ3n) is 6.43. The Labute approximate surface area is 204 Å². The van der Waals surface area contributed by atoms with E-state index < -0.39 is 28.7 Å². The van der Waals surface area contributed by atoms with Crippen LogP contribution in [0.2, 0.25) is 0 Å². The van der Waals surface area contributed by atoms with Gasteiger partial charge in [-0.1, -0.05) is 63.4 Å². The predicted molar refractivity (Wildman–Crippen MR) is 135 cm³/mol. The molecule has 0 saturated heterocycles. The molecule has 0 radical (unpaired) electrons. The first-order valence-corrected chi connectivity index (χ1v) is 12.8. The highest BCUT2D eigenvalue weighted by atomic mass is 32.1. The lowest BCUT2D eigenvalue weighted by atomic mass is 9.94. The number of thiophene rings is 1. The van der Waals surface area contributed by atoms with Gasteiger partial charge in [0.1, 0.15) is 11.6 Å². The molecule has 1 fully saturated rings. The van der Waals surface area contributed by atoms with Crippen LogP contribution in [-0.2, 0) is 20.8 Å². The van der Waals surface area contributed by atoms with Gasteiger partial charge in [0.05, 0.1) is 5.25 Å². The Morgan fingerprint density at radius 3 is 2.39 bits per heavy atom. The number of nitrogens with one attached hydrogen (secondary N) is 2. The van der Waals surface area contributed by atoms with E-state index in [0.29, 0.717) is 12.8 Å². The highest BCUT2D eigenvalue weighted by Crippen LogP contribution is 2.32. The minimum absolute atomic E-state index is 0.0688. The summed E-state index contributed by atoms with van der Waals surface area (Å²) < 4.78 is 0. The molecule has 1 aliphatic carbocycles. The van der Waals surface area contributed by atoms with Crippen LogP contribution in [0.5, 0.6) is 0 Å². The van der Waals surface area contributed by atoms with Crippen LogP contribution in [0, 0.1) is 5.92 Å². The van der Waals surface area contributed by atoms with E-state index in [2.05, 4.69) is 23.3 Å². The Bertz CT molecular complexity index is 970. The number of amides is 2. The lowest BCUT2D eigenvalue weighted by molar-refractivity contribution is -0.143. The van der Waals surface area contributed by atoms with Crippen LogP contribution in [0.25, 0.3) is 10.4 Å². The molecule has 8 heteroatoms. The van der Waals surface area contributed by atoms with Crippen LogP contribution in [-0.4, -0.2) is 39.7 Å². The van der Waals surface area contributed by atoms with Gasteiger partial charge >= 0.3 is 5.97 Å². The topological polar surface area (TPSA) is 95.5 Å². The second-order valence-corrected chi connectivity index (χ2v) is 10.5. The fraction of sp³-hybridized carbons (Fsp3) is 0.480. The monoisotopic (exact) mass is 488 g/mol. The maximum absolute atomic E-state index is 13.3. The molecule has 0 aliphatic heterocycles. The molecule has 0 spiro atoms. The van der Waals surface area contributed by atoms with Crippen molar-refractivity contribution < 1.29 is 19.5 Å². The van der Waals surface area contributed by atoms with E-state index in [1.807, 2.05) is 56.3 Å². The molecule has 1 heterocycles. The summed E-state index contributed by atoms with van der Waals surface area (Å²) in [5.41, 5.74) is -0.0101. The molecular formula is C25H32N2O4S2. The highest BCUT2D eigenvalue weighted by Gasteiger charge is 2.44. The Balaban J connectivity index is 1.71. The molecule has 1 unspecified atom stereocenters. The van der Waals surface area contributed by atoms with Crippen molar-refractivity contribution in [3.63, 3.8) is 0 Å². The summed E-state index contributed by atoms with van der Waals surface area (Å²) in [6, 6.07) is 12.7. The number of rotatable bonds is 10. The molecular weight excluding hydrogens is 456 g/mol. The highest BCUT2D eigenvalue weighted by molar-refractivity contribution is 7.81. The van der Waals surface area contributed by atoms with Gasteiger partial charge in [-0.15, -0.1) is 11.3 Å². The molecule has 2 amide bonds. The zero-order chi connectivity index (χ0) is 24.0. The number of aliphatic carboxylic acids is 1. The lowest BCUT2D eigenvalue weighted by Crippen LogP contribution is -2.61. The number of carbonyl (C=O) groups is 3. The van der Waals surface area contributed by atoms with Crippen molar-refractivity contribution in [1.29, 1.82) is 0 Å². The molecule has 1 aromatic carbocycles. The quantitative estimate of drug-likeness (QED) is 0.375. The summed E-state index contributed by atoms with van der Waals surface area (Å²) in [4.78, 5) is 40.0. The standard InChI is InChI=1S/C25H32N2O4S2/c1-3-16(2)21(32)22(28)27-25(13-7-8-14-25)24(31)26-19(23(29)30)15-18-11-12-20(33-18)17-9-5-4-6-10-17/h4-6,9-12,16,19,21,32H,3,7-8,13-15H2,1-2H3,(H,26,31)(H,27,28)(H,29,30)/t16-,19?,21-/m0/s1. The molecule has 1 aliphatic rings. The number of hydrogen-bond donors (Lipinski definition) is 4. The molecule has 2 aromatic rings. The average Bonchev–Trinajstić information content (AvgIpc) is 3.48. The maximum Gasteiger partial charge on any atom is 0.326 e. The van der Waals surface area contributed by atoms with Gasteiger partial charge < -0.3 is 15.7 Å². The first-order chi connectivity index (χ1) is 15.8. The summed E-state index contributed by atoms with van der Waals surface area (Å²) in [6.45, 7) is 3.94. The molecule has 3 N–H and O–H groups in total. The van der Waals surface area contributed by atoms with E-state index in [1.165, 1.54) is 11.3 Å². The van der Waals surface area contributed by atoms with Crippen molar-refractivity contribution in [3.8, 4) is 10.4 Å². The van der Waals surface area contributed by atoms with Gasteiger partial charge in [0.15, 0.2) is 0 Å². The molecule has 1 aromatic heterocycles. The molecule has 178 valence electrons. The zero-order valence-electron chi connectivity index (χ0n) is 19.0. The van der Waals surface area contributed by atoms with Crippen LogP contribution in [0.4, 0.5) is 0 Å². The van der Waals surface area contributed by atoms with Gasteiger partial charge in [0.2, 0.25) is 11.8 Å². The third-order valence-corrected chi connectivity index (χ3v) is 8.33. The van der Waals surface area contributed by atoms with Crippen LogP contribution >= 0.6 is 24.0 Å². The number of carboxylic acid groups (broad SMARTS) is 1. The number of carboxylic acids is 1. The molecule has 33 heavy (non-hydrogen) atoms. The Morgan fingerprint density at radius 1 is 1.12 bits per heavy atom. The van der Waals surface area contributed by atoms with Gasteiger partial charge in [-0.25, -0.2) is 4.79 Å². The second kappa shape index (κ2) is 11.2. The minimum Gasteiger partial charge on any atom is -0.480 e. The van der Waals surface area contributed by atoms with Crippen molar-refractivity contribution in [2.24, 2.45) is 5.92 Å². The molecule has 3 rings (SSSR count). The fourth-order valence-corrected chi connectivity index (χ4v) is 5.46. The normalized spacial score (nSPS) is 17.7. The van der Waals surface area contributed by atoms with E-state index in [-0.39, 0.29) is 18.2 Å². The summed E-state index contributed by atoms with van der Waals surface area (Å²) in [7, 11) is 0. The number of benzene rings is 1. The smallest absolute Gasteiger partial charge is 0.326 e. The summed E-state index contributed by atoms with van der Waals surface area (Å²) in [5, 5.41) is 14.9. The maximum atomic E-state index is 13.3. The van der Waals surface area contributed by atoms with Gasteiger partial charge in [-0.2, -0.15) is 12.6 Å². The van der Waals surface area contributed by atoms with Crippen molar-refractivity contribution in [2.75, 3.05) is 0 Å². The molecule has 0 bridgehead atoms. The Kier molecular flexibility index (Phi) is 8.59. The third kappa shape index (κ3) is 6.18. The van der Waals surface area contributed by atoms with Crippen molar-refractivity contribution in [2.45, 2.75) is 69.2 Å². The summed E-state index contributed by atoms with van der Waals surface area (Å²) in [6.07, 6.45) is 3.58. The summed E-state index contributed by atoms with van der Waals surface area (Å²) in [5.74, 6) is -1.73. The van der Waals surface area contributed by atoms with Crippen LogP contribution in [0.3, 0.4) is 0 Å². The van der Waals surface area contributed by atoms with Gasteiger partial charge in [0.25, 0.3) is 0 Å². The van der Waals surface area contributed by atoms with E-state index in [9.17, 15) is 19.5 Å². The lowest BCUT2D eigenvalue weighted by Gasteiger charge is -2.32. The first-order valence-electron chi connectivity index (χ1n) is 11.4. The largest absolute Gasteiger partial charge is 0.480 e. The van der Waals surface area contributed by atoms with Crippen LogP contribution in [0.15, 0.2) is 42.5 Å². The second-order valence-electron chi connectivity index (χ2n) is 8.81. The summed E-state index contributed by atoms with van der Waals surface area (Å²) >= 11 is 5.96. The van der Waals surface area contributed by atoms with Crippen molar-refractivity contribution in [3.05, 3.63) is 47.3 Å². The Hall–Kier alpha value is -2.32.